The molecule has 106 valence electrons. The Hall–Kier alpha value is -0.920. The van der Waals surface area contributed by atoms with E-state index < -0.39 is 21.6 Å². The first-order chi connectivity index (χ1) is 8.03. The van der Waals surface area contributed by atoms with E-state index in [4.69, 9.17) is 10.5 Å². The lowest BCUT2D eigenvalue weighted by molar-refractivity contribution is -0.139. The molecule has 0 spiro atoms. The van der Waals surface area contributed by atoms with Crippen molar-refractivity contribution in [2.75, 3.05) is 19.0 Å². The van der Waals surface area contributed by atoms with Crippen LogP contribution in [0.4, 0.5) is 0 Å². The summed E-state index contributed by atoms with van der Waals surface area (Å²) >= 11 is 0. The second kappa shape index (κ2) is 6.86. The van der Waals surface area contributed by atoms with E-state index in [1.165, 1.54) is 6.92 Å². The first-order valence-electron chi connectivity index (χ1n) is 5.52. The number of ether oxygens (including phenoxy) is 1. The van der Waals surface area contributed by atoms with E-state index >= 15 is 0 Å². The molecule has 0 saturated carbocycles. The zero-order chi connectivity index (χ0) is 14.4. The van der Waals surface area contributed by atoms with Gasteiger partial charge in [0.25, 0.3) is 10.1 Å². The number of carbonyl (C=O) groups excluding carboxylic acids is 1. The van der Waals surface area contributed by atoms with E-state index in [1.807, 2.05) is 0 Å². The summed E-state index contributed by atoms with van der Waals surface area (Å²) < 4.78 is 32.2. The van der Waals surface area contributed by atoms with E-state index in [2.05, 4.69) is 10.8 Å². The highest BCUT2D eigenvalue weighted by atomic mass is 32.2. The maximum absolute atomic E-state index is 11.4. The predicted molar refractivity (Wildman–Crippen MR) is 68.4 cm³/mol. The molecule has 0 aromatic carbocycles. The number of carbonyl (C=O) groups is 1. The molecule has 0 aromatic heterocycles. The van der Waals surface area contributed by atoms with Gasteiger partial charge in [-0.2, -0.15) is 8.42 Å². The smallest absolute Gasteiger partial charge is 0.333 e. The Bertz CT molecular complexity index is 394. The number of esters is 1. The SMILES string of the molecule is C=C(C)C(=O)OCCOS(=O)(=O)CCC(C)(C)N. The molecule has 7 heteroatoms. The summed E-state index contributed by atoms with van der Waals surface area (Å²) in [7, 11) is -3.63. The minimum atomic E-state index is -3.63. The van der Waals surface area contributed by atoms with Crippen LogP contribution in [0.25, 0.3) is 0 Å². The largest absolute Gasteiger partial charge is 0.460 e. The molecule has 0 unspecified atom stereocenters. The zero-order valence-corrected chi connectivity index (χ0v) is 11.9. The van der Waals surface area contributed by atoms with Gasteiger partial charge in [0.2, 0.25) is 0 Å². The van der Waals surface area contributed by atoms with Crippen LogP contribution in [0.1, 0.15) is 27.2 Å². The molecular weight excluding hydrogens is 258 g/mol. The topological polar surface area (TPSA) is 95.7 Å². The molecule has 0 amide bonds. The van der Waals surface area contributed by atoms with Crippen molar-refractivity contribution >= 4 is 16.1 Å². The average molecular weight is 279 g/mol. The number of hydrogen-bond acceptors (Lipinski definition) is 6. The fourth-order valence-corrected chi connectivity index (χ4v) is 2.08. The van der Waals surface area contributed by atoms with Crippen molar-refractivity contribution in [2.24, 2.45) is 5.73 Å². The lowest BCUT2D eigenvalue weighted by Crippen LogP contribution is -2.34. The van der Waals surface area contributed by atoms with E-state index in [1.54, 1.807) is 13.8 Å². The van der Waals surface area contributed by atoms with Crippen molar-refractivity contribution in [1.82, 2.24) is 0 Å². The van der Waals surface area contributed by atoms with Gasteiger partial charge in [-0.1, -0.05) is 6.58 Å². The van der Waals surface area contributed by atoms with E-state index in [0.29, 0.717) is 6.42 Å². The van der Waals surface area contributed by atoms with Crippen molar-refractivity contribution in [3.63, 3.8) is 0 Å². The van der Waals surface area contributed by atoms with Gasteiger partial charge in [0.15, 0.2) is 0 Å². The average Bonchev–Trinajstić information content (AvgIpc) is 2.20. The second-order valence-electron chi connectivity index (χ2n) is 4.74. The summed E-state index contributed by atoms with van der Waals surface area (Å²) in [6, 6.07) is 0. The van der Waals surface area contributed by atoms with E-state index in [9.17, 15) is 13.2 Å². The maximum atomic E-state index is 11.4. The number of rotatable bonds is 8. The summed E-state index contributed by atoms with van der Waals surface area (Å²) in [5.74, 6) is -0.732. The third-order valence-corrected chi connectivity index (χ3v) is 3.15. The molecule has 0 aromatic rings. The van der Waals surface area contributed by atoms with Gasteiger partial charge < -0.3 is 10.5 Å². The zero-order valence-electron chi connectivity index (χ0n) is 11.1. The molecule has 0 atom stereocenters. The van der Waals surface area contributed by atoms with Gasteiger partial charge >= 0.3 is 5.97 Å². The van der Waals surface area contributed by atoms with Crippen LogP contribution in [0.2, 0.25) is 0 Å². The summed E-state index contributed by atoms with van der Waals surface area (Å²) in [6.45, 7) is 8.03. The molecule has 0 aliphatic heterocycles. The highest BCUT2D eigenvalue weighted by Gasteiger charge is 2.18. The highest BCUT2D eigenvalue weighted by molar-refractivity contribution is 7.86. The Morgan fingerprint density at radius 1 is 1.33 bits per heavy atom. The highest BCUT2D eigenvalue weighted by Crippen LogP contribution is 2.07. The molecule has 0 rings (SSSR count). The molecule has 6 nitrogen and oxygen atoms in total. The fraction of sp³-hybridized carbons (Fsp3) is 0.727. The molecule has 0 heterocycles. The van der Waals surface area contributed by atoms with Crippen LogP contribution >= 0.6 is 0 Å². The standard InChI is InChI=1S/C11H21NO5S/c1-9(2)10(13)16-6-7-17-18(14,15)8-5-11(3,4)12/h1,5-8,12H2,2-4H3. The summed E-state index contributed by atoms with van der Waals surface area (Å²) in [5, 5.41) is 0. The third-order valence-electron chi connectivity index (χ3n) is 1.92. The van der Waals surface area contributed by atoms with Crippen LogP contribution in [0.5, 0.6) is 0 Å². The van der Waals surface area contributed by atoms with Crippen LogP contribution in [-0.2, 0) is 23.8 Å². The van der Waals surface area contributed by atoms with E-state index in [0.717, 1.165) is 0 Å². The van der Waals surface area contributed by atoms with Crippen molar-refractivity contribution < 1.29 is 22.1 Å². The van der Waals surface area contributed by atoms with Crippen LogP contribution in [0, 0.1) is 0 Å². The van der Waals surface area contributed by atoms with Crippen LogP contribution in [-0.4, -0.2) is 38.9 Å². The van der Waals surface area contributed by atoms with Gasteiger partial charge in [-0.3, -0.25) is 4.18 Å². The molecule has 0 aliphatic rings. The van der Waals surface area contributed by atoms with Gasteiger partial charge in [0, 0.05) is 11.1 Å². The van der Waals surface area contributed by atoms with Crippen LogP contribution < -0.4 is 5.73 Å². The quantitative estimate of drug-likeness (QED) is 0.302. The molecule has 0 radical (unpaired) electrons. The Labute approximate surface area is 108 Å². The second-order valence-corrected chi connectivity index (χ2v) is 6.50. The lowest BCUT2D eigenvalue weighted by Gasteiger charge is -2.17. The first-order valence-corrected chi connectivity index (χ1v) is 7.10. The maximum Gasteiger partial charge on any atom is 0.333 e. The van der Waals surface area contributed by atoms with Crippen LogP contribution in [0.3, 0.4) is 0 Å². The minimum absolute atomic E-state index is 0.128. The van der Waals surface area contributed by atoms with Gasteiger partial charge in [-0.15, -0.1) is 0 Å². The van der Waals surface area contributed by atoms with E-state index in [-0.39, 0.29) is 24.5 Å². The summed E-state index contributed by atoms with van der Waals surface area (Å²) in [5.41, 5.74) is 5.36. The molecule has 2 N–H and O–H groups in total. The van der Waals surface area contributed by atoms with Crippen molar-refractivity contribution in [3.05, 3.63) is 12.2 Å². The Morgan fingerprint density at radius 2 is 1.89 bits per heavy atom. The Kier molecular flexibility index (Phi) is 6.51. The molecule has 0 fully saturated rings. The summed E-state index contributed by atoms with van der Waals surface area (Å²) in [6.07, 6.45) is 0.293. The molecular formula is C11H21NO5S. The number of hydrogen-bond donors (Lipinski definition) is 1. The molecule has 0 bridgehead atoms. The summed E-state index contributed by atoms with van der Waals surface area (Å²) in [4.78, 5) is 11.0. The van der Waals surface area contributed by atoms with Gasteiger partial charge in [-0.05, 0) is 27.2 Å². The Balaban J connectivity index is 3.92. The van der Waals surface area contributed by atoms with Crippen LogP contribution in [0.15, 0.2) is 12.2 Å². The van der Waals surface area contributed by atoms with Gasteiger partial charge in [0.05, 0.1) is 5.75 Å². The molecule has 18 heavy (non-hydrogen) atoms. The van der Waals surface area contributed by atoms with Crippen molar-refractivity contribution in [3.8, 4) is 0 Å². The fourth-order valence-electron chi connectivity index (χ4n) is 0.866. The monoisotopic (exact) mass is 279 g/mol. The minimum Gasteiger partial charge on any atom is -0.460 e. The Morgan fingerprint density at radius 3 is 2.33 bits per heavy atom. The predicted octanol–water partition coefficient (Wildman–Crippen LogP) is 0.580. The lowest BCUT2D eigenvalue weighted by atomic mass is 10.0. The van der Waals surface area contributed by atoms with Gasteiger partial charge in [-0.25, -0.2) is 4.79 Å². The molecule has 0 saturated heterocycles. The molecule has 0 aliphatic carbocycles. The third kappa shape index (κ3) is 9.15. The normalized spacial score (nSPS) is 12.2. The first kappa shape index (κ1) is 17.1. The van der Waals surface area contributed by atoms with Gasteiger partial charge in [0.1, 0.15) is 13.2 Å². The van der Waals surface area contributed by atoms with Crippen molar-refractivity contribution in [2.45, 2.75) is 32.7 Å². The number of nitrogens with two attached hydrogens (primary N) is 1. The van der Waals surface area contributed by atoms with Crippen molar-refractivity contribution in [1.29, 1.82) is 0 Å².